The fourth-order valence-corrected chi connectivity index (χ4v) is 2.85. The number of benzene rings is 2. The van der Waals surface area contributed by atoms with Crippen LogP contribution in [-0.4, -0.2) is 22.9 Å². The molecule has 0 radical (unpaired) electrons. The molecule has 5 nitrogen and oxygen atoms in total. The predicted octanol–water partition coefficient (Wildman–Crippen LogP) is 4.25. The normalized spacial score (nSPS) is 18.9. The van der Waals surface area contributed by atoms with Gasteiger partial charge in [0.1, 0.15) is 12.8 Å². The molecule has 142 valence electrons. The molecule has 0 unspecified atom stereocenters. The Hall–Kier alpha value is -2.51. The Morgan fingerprint density at radius 3 is 2.63 bits per heavy atom. The van der Waals surface area contributed by atoms with Crippen LogP contribution in [0.1, 0.15) is 23.9 Å². The molecule has 1 saturated heterocycles. The first-order chi connectivity index (χ1) is 12.7. The number of alkyl halides is 1. The van der Waals surface area contributed by atoms with E-state index in [0.29, 0.717) is 24.7 Å². The number of para-hydroxylation sites is 1. The van der Waals surface area contributed by atoms with E-state index in [1.165, 1.54) is 6.07 Å². The zero-order valence-corrected chi connectivity index (χ0v) is 15.1. The van der Waals surface area contributed by atoms with Crippen molar-refractivity contribution in [3.8, 4) is 17.1 Å². The Balaban J connectivity index is 0.00000210. The van der Waals surface area contributed by atoms with Gasteiger partial charge in [0.15, 0.2) is 11.6 Å². The highest BCUT2D eigenvalue weighted by Gasteiger charge is 2.29. The second-order valence-corrected chi connectivity index (χ2v) is 6.17. The van der Waals surface area contributed by atoms with Crippen molar-refractivity contribution in [1.29, 1.82) is 0 Å². The lowest BCUT2D eigenvalue weighted by Crippen LogP contribution is -2.14. The quantitative estimate of drug-likeness (QED) is 0.702. The molecule has 0 spiro atoms. The third kappa shape index (κ3) is 4.43. The number of rotatable bonds is 5. The van der Waals surface area contributed by atoms with E-state index in [-0.39, 0.29) is 36.6 Å². The number of aromatic nitrogens is 2. The number of ether oxygens (including phenoxy) is 1. The molecule has 3 aromatic rings. The molecule has 1 aliphatic heterocycles. The van der Waals surface area contributed by atoms with Crippen LogP contribution >= 0.6 is 12.4 Å². The number of nitrogens with one attached hydrogen (secondary N) is 1. The van der Waals surface area contributed by atoms with Crippen molar-refractivity contribution in [2.75, 3.05) is 6.54 Å². The second kappa shape index (κ2) is 8.45. The summed E-state index contributed by atoms with van der Waals surface area (Å²) >= 11 is 0. The molecule has 2 atom stereocenters. The van der Waals surface area contributed by atoms with E-state index in [1.807, 2.05) is 24.3 Å². The van der Waals surface area contributed by atoms with Gasteiger partial charge in [0.2, 0.25) is 11.7 Å². The lowest BCUT2D eigenvalue weighted by atomic mass is 10.1. The molecule has 2 aromatic carbocycles. The van der Waals surface area contributed by atoms with Gasteiger partial charge in [-0.3, -0.25) is 0 Å². The summed E-state index contributed by atoms with van der Waals surface area (Å²) in [7, 11) is 0. The maximum atomic E-state index is 13.6. The summed E-state index contributed by atoms with van der Waals surface area (Å²) in [6.45, 7) is 0.557. The molecule has 4 rings (SSSR count). The van der Waals surface area contributed by atoms with E-state index in [0.717, 1.165) is 11.1 Å². The topological polar surface area (TPSA) is 60.2 Å². The summed E-state index contributed by atoms with van der Waals surface area (Å²) in [5.74, 6) is 0.673. The highest BCUT2D eigenvalue weighted by atomic mass is 35.5. The fraction of sp³-hybridized carbons (Fsp3) is 0.263. The van der Waals surface area contributed by atoms with Crippen molar-refractivity contribution in [1.82, 2.24) is 15.5 Å². The monoisotopic (exact) mass is 393 g/mol. The van der Waals surface area contributed by atoms with Gasteiger partial charge in [-0.2, -0.15) is 4.98 Å². The van der Waals surface area contributed by atoms with Crippen molar-refractivity contribution >= 4 is 12.4 Å². The minimum absolute atomic E-state index is 0. The molecule has 8 heteroatoms. The predicted molar refractivity (Wildman–Crippen MR) is 98.0 cm³/mol. The Morgan fingerprint density at radius 2 is 1.93 bits per heavy atom. The lowest BCUT2D eigenvalue weighted by Gasteiger charge is -2.07. The van der Waals surface area contributed by atoms with E-state index in [4.69, 9.17) is 9.26 Å². The van der Waals surface area contributed by atoms with Crippen molar-refractivity contribution in [3.63, 3.8) is 0 Å². The standard InChI is InChI=1S/C19H17F2N3O2.ClH/c20-14-9-16(22-10-14)19-23-18(24-26-19)13-7-5-12(6-8-13)11-25-17-4-2-1-3-15(17)21;/h1-8,14,16,22H,9-11H2;1H/t14-,16+;/m0./s1. The van der Waals surface area contributed by atoms with E-state index in [1.54, 1.807) is 18.2 Å². The third-order valence-corrected chi connectivity index (χ3v) is 4.26. The van der Waals surface area contributed by atoms with Crippen LogP contribution in [0.25, 0.3) is 11.4 Å². The van der Waals surface area contributed by atoms with E-state index >= 15 is 0 Å². The lowest BCUT2D eigenvalue weighted by molar-refractivity contribution is 0.290. The molecule has 0 amide bonds. The number of hydrogen-bond donors (Lipinski definition) is 1. The van der Waals surface area contributed by atoms with Crippen LogP contribution in [0.3, 0.4) is 0 Å². The summed E-state index contributed by atoms with van der Waals surface area (Å²) in [5, 5.41) is 6.98. The molecule has 0 saturated carbocycles. The van der Waals surface area contributed by atoms with Gasteiger partial charge in [0.05, 0.1) is 6.04 Å². The minimum atomic E-state index is -0.885. The molecule has 2 heterocycles. The van der Waals surface area contributed by atoms with Crippen molar-refractivity contribution in [3.05, 3.63) is 65.8 Å². The molecule has 1 fully saturated rings. The van der Waals surface area contributed by atoms with Crippen LogP contribution in [0, 0.1) is 5.82 Å². The molecular formula is C19H18ClF2N3O2. The van der Waals surface area contributed by atoms with Crippen molar-refractivity contribution in [2.45, 2.75) is 25.2 Å². The van der Waals surface area contributed by atoms with Crippen LogP contribution in [0.4, 0.5) is 8.78 Å². The molecule has 1 aromatic heterocycles. The maximum absolute atomic E-state index is 13.6. The summed E-state index contributed by atoms with van der Waals surface area (Å²) in [5.41, 5.74) is 1.67. The number of halogens is 3. The fourth-order valence-electron chi connectivity index (χ4n) is 2.85. The Bertz CT molecular complexity index is 889. The first-order valence-corrected chi connectivity index (χ1v) is 8.37. The number of hydrogen-bond acceptors (Lipinski definition) is 5. The summed E-state index contributed by atoms with van der Waals surface area (Å²) in [4.78, 5) is 4.34. The first-order valence-electron chi connectivity index (χ1n) is 8.37. The molecule has 27 heavy (non-hydrogen) atoms. The number of nitrogens with zero attached hydrogens (tertiary/aromatic N) is 2. The second-order valence-electron chi connectivity index (χ2n) is 6.17. The summed E-state index contributed by atoms with van der Waals surface area (Å²) in [6, 6.07) is 13.4. The Kier molecular flexibility index (Phi) is 6.03. The molecule has 0 bridgehead atoms. The zero-order chi connectivity index (χ0) is 17.9. The average Bonchev–Trinajstić information content (AvgIpc) is 3.31. The highest BCUT2D eigenvalue weighted by molar-refractivity contribution is 5.85. The largest absolute Gasteiger partial charge is 0.486 e. The van der Waals surface area contributed by atoms with Gasteiger partial charge in [-0.1, -0.05) is 41.6 Å². The SMILES string of the molecule is Cl.Fc1ccccc1OCc1ccc(-c2noc([C@H]3C[C@H](F)CN3)n2)cc1. The zero-order valence-electron chi connectivity index (χ0n) is 14.3. The van der Waals surface area contributed by atoms with Gasteiger partial charge in [-0.25, -0.2) is 8.78 Å². The average molecular weight is 394 g/mol. The van der Waals surface area contributed by atoms with Crippen LogP contribution in [-0.2, 0) is 6.61 Å². The Labute approximate surface area is 161 Å². The van der Waals surface area contributed by atoms with Crippen molar-refractivity contribution in [2.24, 2.45) is 0 Å². The van der Waals surface area contributed by atoms with Crippen LogP contribution in [0.15, 0.2) is 53.1 Å². The Morgan fingerprint density at radius 1 is 1.15 bits per heavy atom. The third-order valence-electron chi connectivity index (χ3n) is 4.26. The van der Waals surface area contributed by atoms with Crippen molar-refractivity contribution < 1.29 is 18.0 Å². The van der Waals surface area contributed by atoms with Crippen LogP contribution < -0.4 is 10.1 Å². The van der Waals surface area contributed by atoms with E-state index in [2.05, 4.69) is 15.5 Å². The smallest absolute Gasteiger partial charge is 0.244 e. The van der Waals surface area contributed by atoms with Gasteiger partial charge in [0, 0.05) is 18.5 Å². The highest BCUT2D eigenvalue weighted by Crippen LogP contribution is 2.26. The minimum Gasteiger partial charge on any atom is -0.486 e. The molecule has 0 aliphatic carbocycles. The molecular weight excluding hydrogens is 376 g/mol. The van der Waals surface area contributed by atoms with Gasteiger partial charge in [-0.15, -0.1) is 12.4 Å². The summed E-state index contributed by atoms with van der Waals surface area (Å²) in [6.07, 6.45) is -0.544. The van der Waals surface area contributed by atoms with E-state index < -0.39 is 6.17 Å². The van der Waals surface area contributed by atoms with Gasteiger partial charge < -0.3 is 14.6 Å². The molecule has 1 N–H and O–H groups in total. The van der Waals surface area contributed by atoms with Gasteiger partial charge in [-0.05, 0) is 17.7 Å². The summed E-state index contributed by atoms with van der Waals surface area (Å²) < 4.78 is 37.5. The van der Waals surface area contributed by atoms with Crippen LogP contribution in [0.5, 0.6) is 5.75 Å². The van der Waals surface area contributed by atoms with Crippen LogP contribution in [0.2, 0.25) is 0 Å². The van der Waals surface area contributed by atoms with E-state index in [9.17, 15) is 8.78 Å². The van der Waals surface area contributed by atoms with Gasteiger partial charge >= 0.3 is 0 Å². The first kappa shape index (κ1) is 19.3. The van der Waals surface area contributed by atoms with Gasteiger partial charge in [0.25, 0.3) is 0 Å². The molecule has 1 aliphatic rings. The maximum Gasteiger partial charge on any atom is 0.244 e.